The van der Waals surface area contributed by atoms with Crippen LogP contribution in [0.25, 0.3) is 11.0 Å². The average molecular weight is 451 g/mol. The van der Waals surface area contributed by atoms with E-state index >= 15 is 0 Å². The van der Waals surface area contributed by atoms with Crippen LogP contribution in [0.4, 0.5) is 11.4 Å². The molecule has 8 heteroatoms. The number of nitrogens with zero attached hydrogens (tertiary/aromatic N) is 1. The molecule has 0 saturated carbocycles. The Labute approximate surface area is 186 Å². The minimum absolute atomic E-state index is 0.100. The quantitative estimate of drug-likeness (QED) is 0.438. The largest absolute Gasteiger partial charge is 0.492 e. The van der Waals surface area contributed by atoms with E-state index in [-0.39, 0.29) is 16.4 Å². The third kappa shape index (κ3) is 4.31. The summed E-state index contributed by atoms with van der Waals surface area (Å²) < 4.78 is 38.6. The summed E-state index contributed by atoms with van der Waals surface area (Å²) in [6.45, 7) is 2.05. The van der Waals surface area contributed by atoms with Crippen molar-refractivity contribution in [3.8, 4) is 5.75 Å². The Morgan fingerprint density at radius 2 is 1.69 bits per heavy atom. The number of benzene rings is 3. The van der Waals surface area contributed by atoms with Crippen LogP contribution in [-0.2, 0) is 10.0 Å². The fourth-order valence-electron chi connectivity index (χ4n) is 3.32. The molecule has 0 aliphatic rings. The number of para-hydroxylation sites is 2. The van der Waals surface area contributed by atoms with Gasteiger partial charge in [0.1, 0.15) is 16.2 Å². The lowest BCUT2D eigenvalue weighted by Gasteiger charge is -2.19. The molecule has 1 N–H and O–H groups in total. The van der Waals surface area contributed by atoms with Crippen LogP contribution < -0.4 is 14.4 Å². The second-order valence-corrected chi connectivity index (χ2v) is 8.69. The maximum atomic E-state index is 12.8. The summed E-state index contributed by atoms with van der Waals surface area (Å²) in [6.07, 6.45) is 0. The zero-order valence-electron chi connectivity index (χ0n) is 17.6. The number of anilines is 2. The van der Waals surface area contributed by atoms with Crippen LogP contribution in [0.1, 0.15) is 17.5 Å². The van der Waals surface area contributed by atoms with Crippen molar-refractivity contribution in [2.45, 2.75) is 11.8 Å². The smallest absolute Gasteiger partial charge is 0.300 e. The van der Waals surface area contributed by atoms with E-state index in [1.807, 2.05) is 54.4 Å². The van der Waals surface area contributed by atoms with E-state index in [0.717, 1.165) is 11.4 Å². The first-order valence-electron chi connectivity index (χ1n) is 10.0. The summed E-state index contributed by atoms with van der Waals surface area (Å²) >= 11 is 0. The van der Waals surface area contributed by atoms with Crippen molar-refractivity contribution < 1.29 is 22.4 Å². The third-order valence-electron chi connectivity index (χ3n) is 4.92. The average Bonchev–Trinajstić information content (AvgIpc) is 3.23. The lowest BCUT2D eigenvalue weighted by molar-refractivity contribution is 0.0956. The zero-order valence-corrected chi connectivity index (χ0v) is 18.4. The number of hydrogen-bond donors (Lipinski definition) is 1. The highest BCUT2D eigenvalue weighted by Crippen LogP contribution is 2.29. The summed E-state index contributed by atoms with van der Waals surface area (Å²) in [7, 11) is -2.22. The van der Waals surface area contributed by atoms with Crippen molar-refractivity contribution in [2.75, 3.05) is 18.6 Å². The molecule has 0 bridgehead atoms. The molecule has 7 nitrogen and oxygen atoms in total. The van der Waals surface area contributed by atoms with Gasteiger partial charge in [-0.05, 0) is 49.4 Å². The molecule has 0 atom stereocenters. The van der Waals surface area contributed by atoms with Gasteiger partial charge in [-0.2, -0.15) is 0 Å². The van der Waals surface area contributed by atoms with Crippen molar-refractivity contribution in [1.29, 1.82) is 0 Å². The van der Waals surface area contributed by atoms with Crippen molar-refractivity contribution in [3.05, 3.63) is 84.6 Å². The minimum Gasteiger partial charge on any atom is -0.492 e. The van der Waals surface area contributed by atoms with Gasteiger partial charge in [0, 0.05) is 29.9 Å². The monoisotopic (exact) mass is 450 g/mol. The molecule has 164 valence electrons. The van der Waals surface area contributed by atoms with Crippen molar-refractivity contribution in [2.24, 2.45) is 0 Å². The van der Waals surface area contributed by atoms with Gasteiger partial charge in [0.05, 0.1) is 6.61 Å². The topological polar surface area (TPSA) is 88.8 Å². The number of ether oxygens (including phenoxy) is 1. The Morgan fingerprint density at radius 3 is 2.44 bits per heavy atom. The first kappa shape index (κ1) is 21.5. The van der Waals surface area contributed by atoms with Crippen molar-refractivity contribution in [1.82, 2.24) is 4.72 Å². The van der Waals surface area contributed by atoms with Crippen LogP contribution in [0.2, 0.25) is 0 Å². The maximum Gasteiger partial charge on any atom is 0.300 e. The van der Waals surface area contributed by atoms with Gasteiger partial charge >= 0.3 is 5.91 Å². The molecular weight excluding hydrogens is 428 g/mol. The van der Waals surface area contributed by atoms with E-state index in [4.69, 9.17) is 9.15 Å². The number of hydrogen-bond acceptors (Lipinski definition) is 6. The maximum absolute atomic E-state index is 12.8. The first-order valence-corrected chi connectivity index (χ1v) is 11.5. The first-order chi connectivity index (χ1) is 15.4. The van der Waals surface area contributed by atoms with E-state index in [9.17, 15) is 13.2 Å². The summed E-state index contributed by atoms with van der Waals surface area (Å²) in [5, 5.41) is 0.687. The molecule has 0 radical (unpaired) electrons. The van der Waals surface area contributed by atoms with Gasteiger partial charge in [0.25, 0.3) is 10.0 Å². The van der Waals surface area contributed by atoms with Crippen LogP contribution in [-0.4, -0.2) is 28.0 Å². The Bertz CT molecular complexity index is 1360. The summed E-state index contributed by atoms with van der Waals surface area (Å²) in [6, 6.07) is 23.0. The number of rotatable bonds is 7. The number of amides is 1. The van der Waals surface area contributed by atoms with Gasteiger partial charge in [-0.3, -0.25) is 4.79 Å². The molecular formula is C24H22N2O5S. The number of furan rings is 1. The normalized spacial score (nSPS) is 11.3. The molecule has 0 unspecified atom stereocenters. The van der Waals surface area contributed by atoms with Crippen LogP contribution in [0.15, 0.2) is 88.2 Å². The number of nitrogens with one attached hydrogen (secondary N) is 1. The second kappa shape index (κ2) is 8.76. The zero-order chi connectivity index (χ0) is 22.7. The molecule has 0 aliphatic heterocycles. The number of carbonyl (C=O) groups is 1. The molecule has 32 heavy (non-hydrogen) atoms. The third-order valence-corrected chi connectivity index (χ3v) is 6.29. The lowest BCUT2D eigenvalue weighted by atomic mass is 10.2. The summed E-state index contributed by atoms with van der Waals surface area (Å²) in [5.41, 5.74) is 2.33. The van der Waals surface area contributed by atoms with Gasteiger partial charge in [0.2, 0.25) is 0 Å². The van der Waals surface area contributed by atoms with Crippen LogP contribution in [0.3, 0.4) is 0 Å². The molecule has 4 aromatic rings. The SMILES string of the molecule is CCOc1ccccc1S(=O)(=O)NC(=O)c1cc2ccc(N(C)c3ccccc3)cc2o1. The number of sulfonamides is 1. The molecule has 0 aliphatic carbocycles. The highest BCUT2D eigenvalue weighted by molar-refractivity contribution is 7.90. The standard InChI is InChI=1S/C24H22N2O5S/c1-3-30-20-11-7-8-12-23(20)32(28,29)25-24(27)22-15-17-13-14-19(16-21(17)31-22)26(2)18-9-5-4-6-10-18/h4-16H,3H2,1-2H3,(H,25,27). The summed E-state index contributed by atoms with van der Waals surface area (Å²) in [5.74, 6) is -0.782. The Balaban J connectivity index is 1.59. The highest BCUT2D eigenvalue weighted by Gasteiger charge is 2.24. The second-order valence-electron chi connectivity index (χ2n) is 7.04. The Kier molecular flexibility index (Phi) is 5.87. The Hall–Kier alpha value is -3.78. The number of fused-ring (bicyclic) bond motifs is 1. The molecule has 3 aromatic carbocycles. The lowest BCUT2D eigenvalue weighted by Crippen LogP contribution is -2.30. The number of carbonyl (C=O) groups excluding carboxylic acids is 1. The van der Waals surface area contributed by atoms with E-state index in [1.165, 1.54) is 18.2 Å². The van der Waals surface area contributed by atoms with Crippen LogP contribution in [0, 0.1) is 0 Å². The molecule has 0 saturated heterocycles. The summed E-state index contributed by atoms with van der Waals surface area (Å²) in [4.78, 5) is 14.5. The highest BCUT2D eigenvalue weighted by atomic mass is 32.2. The van der Waals surface area contributed by atoms with E-state index in [1.54, 1.807) is 25.1 Å². The predicted molar refractivity (Wildman–Crippen MR) is 123 cm³/mol. The van der Waals surface area contributed by atoms with Crippen LogP contribution >= 0.6 is 0 Å². The molecule has 4 rings (SSSR count). The van der Waals surface area contributed by atoms with E-state index in [0.29, 0.717) is 17.6 Å². The van der Waals surface area contributed by atoms with Crippen molar-refractivity contribution in [3.63, 3.8) is 0 Å². The van der Waals surface area contributed by atoms with E-state index < -0.39 is 15.9 Å². The fraction of sp³-hybridized carbons (Fsp3) is 0.125. The van der Waals surface area contributed by atoms with Gasteiger partial charge in [-0.15, -0.1) is 0 Å². The molecule has 1 aromatic heterocycles. The molecule has 1 amide bonds. The van der Waals surface area contributed by atoms with Crippen LogP contribution in [0.5, 0.6) is 5.75 Å². The molecule has 0 fully saturated rings. The Morgan fingerprint density at radius 1 is 0.969 bits per heavy atom. The minimum atomic E-state index is -4.15. The van der Waals surface area contributed by atoms with Gasteiger partial charge in [-0.25, -0.2) is 13.1 Å². The van der Waals surface area contributed by atoms with Gasteiger partial charge < -0.3 is 14.1 Å². The molecule has 1 heterocycles. The van der Waals surface area contributed by atoms with Gasteiger partial charge in [-0.1, -0.05) is 30.3 Å². The predicted octanol–water partition coefficient (Wildman–Crippen LogP) is 4.72. The molecule has 0 spiro atoms. The van der Waals surface area contributed by atoms with Gasteiger partial charge in [0.15, 0.2) is 5.76 Å². The van der Waals surface area contributed by atoms with Crippen molar-refractivity contribution >= 4 is 38.3 Å². The van der Waals surface area contributed by atoms with E-state index in [2.05, 4.69) is 4.72 Å². The fourth-order valence-corrected chi connectivity index (χ4v) is 4.42.